The van der Waals surface area contributed by atoms with Crippen molar-refractivity contribution < 1.29 is 17.9 Å². The predicted molar refractivity (Wildman–Crippen MR) is 89.2 cm³/mol. The van der Waals surface area contributed by atoms with Gasteiger partial charge in [0, 0.05) is 25.7 Å². The number of hydrogen-bond donors (Lipinski definition) is 1. The molecule has 0 saturated carbocycles. The molecule has 0 aliphatic rings. The van der Waals surface area contributed by atoms with Crippen molar-refractivity contribution in [3.63, 3.8) is 0 Å². The second-order valence-corrected chi connectivity index (χ2v) is 8.24. The van der Waals surface area contributed by atoms with Gasteiger partial charge < -0.3 is 10.1 Å². The Morgan fingerprint density at radius 1 is 1.18 bits per heavy atom. The predicted octanol–water partition coefficient (Wildman–Crippen LogP) is 1.61. The highest BCUT2D eigenvalue weighted by Crippen LogP contribution is 2.05. The number of ether oxygens (including phenoxy) is 1. The number of sulfonamides is 1. The van der Waals surface area contributed by atoms with Crippen LogP contribution in [0.3, 0.4) is 0 Å². The third-order valence-electron chi connectivity index (χ3n) is 3.29. The second-order valence-electron chi connectivity index (χ2n) is 6.31. The van der Waals surface area contributed by atoms with Gasteiger partial charge >= 0.3 is 0 Å². The van der Waals surface area contributed by atoms with E-state index in [1.165, 1.54) is 10.6 Å². The van der Waals surface area contributed by atoms with Gasteiger partial charge in [0.1, 0.15) is 6.10 Å². The molecule has 0 rings (SSSR count). The zero-order valence-electron chi connectivity index (χ0n) is 14.8. The zero-order chi connectivity index (χ0) is 17.3. The highest BCUT2D eigenvalue weighted by Gasteiger charge is 2.19. The van der Waals surface area contributed by atoms with E-state index in [0.717, 1.165) is 6.42 Å². The zero-order valence-corrected chi connectivity index (χ0v) is 15.6. The Kier molecular flexibility index (Phi) is 9.87. The van der Waals surface area contributed by atoms with E-state index in [-0.39, 0.29) is 11.9 Å². The van der Waals surface area contributed by atoms with Gasteiger partial charge in [-0.15, -0.1) is 0 Å². The molecule has 132 valence electrons. The number of nitrogens with one attached hydrogen (secondary N) is 1. The van der Waals surface area contributed by atoms with Gasteiger partial charge in [0.05, 0.1) is 6.26 Å². The lowest BCUT2D eigenvalue weighted by Crippen LogP contribution is -2.40. The Balaban J connectivity index is 4.01. The van der Waals surface area contributed by atoms with Gasteiger partial charge in [0.2, 0.25) is 15.9 Å². The minimum atomic E-state index is -3.21. The fraction of sp³-hybridized carbons (Fsp3) is 0.933. The van der Waals surface area contributed by atoms with E-state index < -0.39 is 16.1 Å². The standard InChI is InChI=1S/C15H32N2O4S/c1-12(2)8-11-21-14(5)15(18)16-9-7-10-17(13(3)4)22(6,19)20/h12-14H,7-11H2,1-6H3,(H,16,18). The number of carbonyl (C=O) groups excluding carboxylic acids is 1. The van der Waals surface area contributed by atoms with Crippen LogP contribution in [0.25, 0.3) is 0 Å². The van der Waals surface area contributed by atoms with Gasteiger partial charge in [0.25, 0.3) is 0 Å². The van der Waals surface area contributed by atoms with Crippen LogP contribution in [-0.2, 0) is 19.6 Å². The summed E-state index contributed by atoms with van der Waals surface area (Å²) >= 11 is 0. The SMILES string of the molecule is CC(C)CCOC(C)C(=O)NCCCN(C(C)C)S(C)(=O)=O. The first-order valence-corrected chi connectivity index (χ1v) is 9.76. The minimum absolute atomic E-state index is 0.0796. The van der Waals surface area contributed by atoms with Gasteiger partial charge in [-0.25, -0.2) is 8.42 Å². The molecule has 0 aromatic carbocycles. The molecule has 0 aliphatic heterocycles. The van der Waals surface area contributed by atoms with Crippen LogP contribution in [0.2, 0.25) is 0 Å². The normalized spacial score (nSPS) is 13.9. The Morgan fingerprint density at radius 3 is 2.23 bits per heavy atom. The van der Waals surface area contributed by atoms with E-state index in [9.17, 15) is 13.2 Å². The maximum atomic E-state index is 11.8. The summed E-state index contributed by atoms with van der Waals surface area (Å²) in [5.41, 5.74) is 0. The molecule has 0 saturated heterocycles. The summed E-state index contributed by atoms with van der Waals surface area (Å²) in [6.45, 7) is 11.0. The number of carbonyl (C=O) groups is 1. The van der Waals surface area contributed by atoms with Crippen LogP contribution in [0.1, 0.15) is 47.5 Å². The summed E-state index contributed by atoms with van der Waals surface area (Å²) in [4.78, 5) is 11.8. The molecular weight excluding hydrogens is 304 g/mol. The fourth-order valence-corrected chi connectivity index (χ4v) is 3.18. The maximum Gasteiger partial charge on any atom is 0.248 e. The van der Waals surface area contributed by atoms with Crippen molar-refractivity contribution in [3.05, 3.63) is 0 Å². The van der Waals surface area contributed by atoms with Crippen LogP contribution in [0.5, 0.6) is 0 Å². The molecule has 0 fully saturated rings. The Labute approximate surface area is 135 Å². The first-order valence-electron chi connectivity index (χ1n) is 7.91. The maximum absolute atomic E-state index is 11.8. The Morgan fingerprint density at radius 2 is 1.77 bits per heavy atom. The van der Waals surface area contributed by atoms with Crippen LogP contribution >= 0.6 is 0 Å². The second kappa shape index (κ2) is 10.2. The molecule has 0 heterocycles. The van der Waals surface area contributed by atoms with E-state index in [1.54, 1.807) is 6.92 Å². The smallest absolute Gasteiger partial charge is 0.248 e. The minimum Gasteiger partial charge on any atom is -0.369 e. The number of amides is 1. The van der Waals surface area contributed by atoms with Gasteiger partial charge in [0.15, 0.2) is 0 Å². The molecule has 0 spiro atoms. The number of hydrogen-bond acceptors (Lipinski definition) is 4. The van der Waals surface area contributed by atoms with Gasteiger partial charge in [-0.2, -0.15) is 4.31 Å². The van der Waals surface area contributed by atoms with Gasteiger partial charge in [-0.3, -0.25) is 4.79 Å². The van der Waals surface area contributed by atoms with E-state index in [2.05, 4.69) is 19.2 Å². The van der Waals surface area contributed by atoms with Crippen molar-refractivity contribution in [2.24, 2.45) is 5.92 Å². The Hall–Kier alpha value is -0.660. The molecule has 1 N–H and O–H groups in total. The molecule has 0 aromatic rings. The topological polar surface area (TPSA) is 75.7 Å². The van der Waals surface area contributed by atoms with Crippen LogP contribution in [0.15, 0.2) is 0 Å². The molecule has 0 bridgehead atoms. The quantitative estimate of drug-likeness (QED) is 0.582. The summed E-state index contributed by atoms with van der Waals surface area (Å²) in [5.74, 6) is 0.396. The van der Waals surface area contributed by atoms with E-state index in [4.69, 9.17) is 4.74 Å². The van der Waals surface area contributed by atoms with Crippen molar-refractivity contribution in [1.29, 1.82) is 0 Å². The van der Waals surface area contributed by atoms with Crippen LogP contribution in [0.4, 0.5) is 0 Å². The lowest BCUT2D eigenvalue weighted by molar-refractivity contribution is -0.131. The molecule has 1 atom stereocenters. The molecule has 0 aromatic heterocycles. The average Bonchev–Trinajstić information content (AvgIpc) is 2.35. The molecule has 7 heteroatoms. The van der Waals surface area contributed by atoms with Crippen molar-refractivity contribution >= 4 is 15.9 Å². The Bertz CT molecular complexity index is 421. The van der Waals surface area contributed by atoms with Crippen LogP contribution < -0.4 is 5.32 Å². The van der Waals surface area contributed by atoms with Crippen molar-refractivity contribution in [3.8, 4) is 0 Å². The van der Waals surface area contributed by atoms with Crippen molar-refractivity contribution in [2.45, 2.75) is 59.6 Å². The fourth-order valence-electron chi connectivity index (χ4n) is 1.95. The van der Waals surface area contributed by atoms with Crippen molar-refractivity contribution in [2.75, 3.05) is 26.0 Å². The monoisotopic (exact) mass is 336 g/mol. The largest absolute Gasteiger partial charge is 0.369 e. The molecule has 0 aliphatic carbocycles. The first kappa shape index (κ1) is 21.3. The molecule has 1 unspecified atom stereocenters. The number of nitrogens with zero attached hydrogens (tertiary/aromatic N) is 1. The lowest BCUT2D eigenvalue weighted by atomic mass is 10.1. The van der Waals surface area contributed by atoms with E-state index in [0.29, 0.717) is 32.0 Å². The molecule has 22 heavy (non-hydrogen) atoms. The van der Waals surface area contributed by atoms with E-state index in [1.807, 2.05) is 13.8 Å². The number of rotatable bonds is 11. The highest BCUT2D eigenvalue weighted by atomic mass is 32.2. The van der Waals surface area contributed by atoms with Crippen molar-refractivity contribution in [1.82, 2.24) is 9.62 Å². The summed E-state index contributed by atoms with van der Waals surface area (Å²) in [7, 11) is -3.21. The summed E-state index contributed by atoms with van der Waals surface area (Å²) in [6, 6.07) is -0.0796. The van der Waals surface area contributed by atoms with Crippen LogP contribution in [-0.4, -0.2) is 56.7 Å². The summed E-state index contributed by atoms with van der Waals surface area (Å²) in [5, 5.41) is 2.78. The van der Waals surface area contributed by atoms with Gasteiger partial charge in [-0.05, 0) is 39.5 Å². The summed E-state index contributed by atoms with van der Waals surface area (Å²) in [6.07, 6.45) is 2.23. The first-order chi connectivity index (χ1) is 10.1. The van der Waals surface area contributed by atoms with Gasteiger partial charge in [-0.1, -0.05) is 13.8 Å². The lowest BCUT2D eigenvalue weighted by Gasteiger charge is -2.24. The highest BCUT2D eigenvalue weighted by molar-refractivity contribution is 7.88. The molecule has 0 radical (unpaired) electrons. The average molecular weight is 336 g/mol. The van der Waals surface area contributed by atoms with Crippen LogP contribution in [0, 0.1) is 5.92 Å². The molecule has 1 amide bonds. The molecular formula is C15H32N2O4S. The summed E-state index contributed by atoms with van der Waals surface area (Å²) < 4.78 is 30.1. The third-order valence-corrected chi connectivity index (χ3v) is 4.74. The van der Waals surface area contributed by atoms with E-state index >= 15 is 0 Å². The molecule has 6 nitrogen and oxygen atoms in total. The third kappa shape index (κ3) is 9.38.